The fourth-order valence-electron chi connectivity index (χ4n) is 9.66. The van der Waals surface area contributed by atoms with E-state index in [4.69, 9.17) is 0 Å². The van der Waals surface area contributed by atoms with Gasteiger partial charge in [0.1, 0.15) is 0 Å². The maximum Gasteiger partial charge on any atom is 0.0541 e. The summed E-state index contributed by atoms with van der Waals surface area (Å²) in [4.78, 5) is 3.72. The van der Waals surface area contributed by atoms with Crippen LogP contribution in [0.25, 0.3) is 99.0 Å². The quantitative estimate of drug-likeness (QED) is 0.160. The lowest BCUT2D eigenvalue weighted by molar-refractivity contribution is 0.647. The van der Waals surface area contributed by atoms with Crippen molar-refractivity contribution in [1.82, 2.24) is 14.1 Å². The van der Waals surface area contributed by atoms with Gasteiger partial charge in [-0.05, 0) is 155 Å². The number of fused-ring (bicyclic) bond motifs is 9. The molecule has 59 heavy (non-hydrogen) atoms. The minimum absolute atomic E-state index is 0.598. The normalized spacial score (nSPS) is 12.2. The maximum atomic E-state index is 3.72. The van der Waals surface area contributed by atoms with Gasteiger partial charge in [-0.15, -0.1) is 0 Å². The van der Waals surface area contributed by atoms with E-state index in [-0.39, 0.29) is 0 Å². The van der Waals surface area contributed by atoms with Crippen molar-refractivity contribution in [3.63, 3.8) is 0 Å². The molecule has 0 saturated carbocycles. The third kappa shape index (κ3) is 6.03. The van der Waals surface area contributed by atoms with Crippen LogP contribution < -0.4 is 0 Å². The van der Waals surface area contributed by atoms with E-state index < -0.39 is 0 Å². The van der Waals surface area contributed by atoms with Crippen molar-refractivity contribution >= 4 is 65.4 Å². The summed E-state index contributed by atoms with van der Waals surface area (Å²) in [5.74, 6) is 1.20. The number of aromatic nitrogens is 3. The van der Waals surface area contributed by atoms with Gasteiger partial charge in [0.15, 0.2) is 0 Å². The predicted molar refractivity (Wildman–Crippen MR) is 252 cm³/mol. The summed E-state index contributed by atoms with van der Waals surface area (Å²) in [6.45, 7) is 9.19. The van der Waals surface area contributed by atoms with Gasteiger partial charge in [-0.1, -0.05) is 100 Å². The highest BCUT2D eigenvalue weighted by Gasteiger charge is 2.17. The van der Waals surface area contributed by atoms with Crippen molar-refractivity contribution in [3.8, 4) is 33.6 Å². The maximum absolute atomic E-state index is 3.72. The number of hydrogen-bond donors (Lipinski definition) is 1. The predicted octanol–water partition coefficient (Wildman–Crippen LogP) is 15.2. The SMILES string of the molecule is CC(C)Cc1ccc2c(c1)c1cc(-c3ccc4[nH]c5ccc(-c6ccc7c(c6)c6cc(CC(C)C)ccc6n7-c6ccccc6)cc5c4c3)ccc1n2-c1ccccc1. The zero-order valence-electron chi connectivity index (χ0n) is 34.1. The molecule has 0 atom stereocenters. The van der Waals surface area contributed by atoms with Gasteiger partial charge in [-0.2, -0.15) is 0 Å². The van der Waals surface area contributed by atoms with Crippen LogP contribution in [0, 0.1) is 11.8 Å². The summed E-state index contributed by atoms with van der Waals surface area (Å²) in [6, 6.07) is 63.5. The van der Waals surface area contributed by atoms with E-state index in [1.54, 1.807) is 0 Å². The molecule has 11 aromatic rings. The van der Waals surface area contributed by atoms with E-state index in [1.807, 2.05) is 0 Å². The Morgan fingerprint density at radius 2 is 0.695 bits per heavy atom. The lowest BCUT2D eigenvalue weighted by atomic mass is 9.97. The monoisotopic (exact) mass is 761 g/mol. The molecule has 0 amide bonds. The Morgan fingerprint density at radius 1 is 0.356 bits per heavy atom. The van der Waals surface area contributed by atoms with Crippen LogP contribution in [-0.4, -0.2) is 14.1 Å². The standard InChI is InChI=1S/C56H47N3/c1-35(2)27-37-15-23-53-47(29-37)49-33-41(19-25-55(49)58(53)43-11-7-5-8-12-43)39-17-21-51-45(31-39)46-32-40(18-22-52(46)57-51)42-20-26-56-50(34-42)48-30-38(28-36(3)4)16-24-54(48)59(56)44-13-9-6-10-14-44/h5-26,29-36,57H,27-28H2,1-4H3. The highest BCUT2D eigenvalue weighted by molar-refractivity contribution is 6.14. The van der Waals surface area contributed by atoms with Crippen LogP contribution in [0.4, 0.5) is 0 Å². The molecule has 0 radical (unpaired) electrons. The lowest BCUT2D eigenvalue weighted by Crippen LogP contribution is -1.95. The summed E-state index contributed by atoms with van der Waals surface area (Å²) in [5, 5.41) is 7.67. The highest BCUT2D eigenvalue weighted by Crippen LogP contribution is 2.40. The van der Waals surface area contributed by atoms with Crippen LogP contribution in [0.3, 0.4) is 0 Å². The second-order valence-corrected chi connectivity index (χ2v) is 17.4. The smallest absolute Gasteiger partial charge is 0.0541 e. The van der Waals surface area contributed by atoms with Gasteiger partial charge in [-0.3, -0.25) is 0 Å². The Hall–Kier alpha value is -6.84. The van der Waals surface area contributed by atoms with Crippen molar-refractivity contribution < 1.29 is 0 Å². The van der Waals surface area contributed by atoms with Gasteiger partial charge in [-0.25, -0.2) is 0 Å². The van der Waals surface area contributed by atoms with Gasteiger partial charge in [0.2, 0.25) is 0 Å². The first kappa shape index (κ1) is 35.3. The van der Waals surface area contributed by atoms with Gasteiger partial charge in [0.05, 0.1) is 22.1 Å². The van der Waals surface area contributed by atoms with E-state index in [2.05, 4.69) is 212 Å². The second kappa shape index (κ2) is 13.9. The topological polar surface area (TPSA) is 25.6 Å². The lowest BCUT2D eigenvalue weighted by Gasteiger charge is -2.09. The number of para-hydroxylation sites is 2. The zero-order valence-corrected chi connectivity index (χ0v) is 34.1. The molecular weight excluding hydrogens is 715 g/mol. The van der Waals surface area contributed by atoms with Crippen molar-refractivity contribution in [3.05, 3.63) is 181 Å². The van der Waals surface area contributed by atoms with Crippen LogP contribution in [0.2, 0.25) is 0 Å². The van der Waals surface area contributed by atoms with Crippen molar-refractivity contribution in [2.75, 3.05) is 0 Å². The molecule has 286 valence electrons. The average Bonchev–Trinajstić information content (AvgIpc) is 3.90. The molecule has 3 aromatic heterocycles. The zero-order chi connectivity index (χ0) is 39.8. The molecule has 3 heteroatoms. The molecule has 0 aliphatic heterocycles. The molecule has 0 bridgehead atoms. The third-order valence-electron chi connectivity index (χ3n) is 12.2. The summed E-state index contributed by atoms with van der Waals surface area (Å²) in [6.07, 6.45) is 2.13. The number of hydrogen-bond acceptors (Lipinski definition) is 0. The fraction of sp³-hybridized carbons (Fsp3) is 0.143. The molecule has 3 nitrogen and oxygen atoms in total. The molecule has 0 aliphatic rings. The van der Waals surface area contributed by atoms with E-state index in [1.165, 1.54) is 99.1 Å². The number of nitrogens with one attached hydrogen (secondary N) is 1. The molecular formula is C56H47N3. The van der Waals surface area contributed by atoms with Crippen LogP contribution in [-0.2, 0) is 12.8 Å². The van der Waals surface area contributed by atoms with Gasteiger partial charge >= 0.3 is 0 Å². The Morgan fingerprint density at radius 3 is 1.08 bits per heavy atom. The number of rotatable bonds is 8. The van der Waals surface area contributed by atoms with E-state index in [0.717, 1.165) is 23.9 Å². The highest BCUT2D eigenvalue weighted by atomic mass is 15.0. The van der Waals surface area contributed by atoms with Gasteiger partial charge < -0.3 is 14.1 Å². The molecule has 0 saturated heterocycles. The van der Waals surface area contributed by atoms with Crippen LogP contribution >= 0.6 is 0 Å². The number of H-pyrrole nitrogens is 1. The molecule has 0 aliphatic carbocycles. The molecule has 11 rings (SSSR count). The minimum Gasteiger partial charge on any atom is -0.355 e. The fourth-order valence-corrected chi connectivity index (χ4v) is 9.66. The molecule has 8 aromatic carbocycles. The molecule has 0 spiro atoms. The van der Waals surface area contributed by atoms with E-state index >= 15 is 0 Å². The minimum atomic E-state index is 0.598. The number of aromatic amines is 1. The average molecular weight is 762 g/mol. The molecule has 0 fully saturated rings. The van der Waals surface area contributed by atoms with Crippen LogP contribution in [0.5, 0.6) is 0 Å². The number of nitrogens with zero attached hydrogens (tertiary/aromatic N) is 2. The second-order valence-electron chi connectivity index (χ2n) is 17.4. The summed E-state index contributed by atoms with van der Waals surface area (Å²) >= 11 is 0. The molecule has 1 N–H and O–H groups in total. The largest absolute Gasteiger partial charge is 0.355 e. The Labute approximate surface area is 345 Å². The Balaban J connectivity index is 1.04. The summed E-state index contributed by atoms with van der Waals surface area (Å²) < 4.78 is 4.83. The third-order valence-corrected chi connectivity index (χ3v) is 12.2. The van der Waals surface area contributed by atoms with E-state index in [9.17, 15) is 0 Å². The Bertz CT molecular complexity index is 3150. The van der Waals surface area contributed by atoms with Gasteiger partial charge in [0.25, 0.3) is 0 Å². The van der Waals surface area contributed by atoms with Crippen molar-refractivity contribution in [1.29, 1.82) is 0 Å². The van der Waals surface area contributed by atoms with Crippen molar-refractivity contribution in [2.45, 2.75) is 40.5 Å². The van der Waals surface area contributed by atoms with Crippen LogP contribution in [0.15, 0.2) is 170 Å². The molecule has 3 heterocycles. The summed E-state index contributed by atoms with van der Waals surface area (Å²) in [7, 11) is 0. The van der Waals surface area contributed by atoms with Crippen LogP contribution in [0.1, 0.15) is 38.8 Å². The van der Waals surface area contributed by atoms with Crippen molar-refractivity contribution in [2.24, 2.45) is 11.8 Å². The Kier molecular flexibility index (Phi) is 8.34. The van der Waals surface area contributed by atoms with E-state index in [0.29, 0.717) is 11.8 Å². The summed E-state index contributed by atoms with van der Waals surface area (Å²) in [5.41, 5.74) is 17.3. The molecule has 0 unspecified atom stereocenters. The van der Waals surface area contributed by atoms with Gasteiger partial charge in [0, 0.05) is 54.7 Å². The number of benzene rings is 8. The first-order valence-corrected chi connectivity index (χ1v) is 21.2. The first-order valence-electron chi connectivity index (χ1n) is 21.2. The first-order chi connectivity index (χ1) is 28.9.